The van der Waals surface area contributed by atoms with E-state index in [1.54, 1.807) is 35.0 Å². The van der Waals surface area contributed by atoms with Gasteiger partial charge in [-0.3, -0.25) is 9.08 Å². The van der Waals surface area contributed by atoms with Crippen LogP contribution in [0, 0.1) is 6.92 Å². The zero-order valence-corrected chi connectivity index (χ0v) is 24.4. The number of ether oxygens (including phenoxy) is 1. The number of anilines is 2. The zero-order valence-electron chi connectivity index (χ0n) is 22.7. The molecule has 4 aromatic heterocycles. The number of imidazole rings is 1. The molecule has 1 amide bonds. The third-order valence-corrected chi connectivity index (χ3v) is 9.18. The van der Waals surface area contributed by atoms with Crippen LogP contribution in [0.3, 0.4) is 0 Å². The first kappa shape index (κ1) is 26.9. The second kappa shape index (κ2) is 9.79. The van der Waals surface area contributed by atoms with Crippen LogP contribution in [0.15, 0.2) is 41.1 Å². The van der Waals surface area contributed by atoms with Gasteiger partial charge in [0.15, 0.2) is 21.3 Å². The van der Waals surface area contributed by atoms with Crippen molar-refractivity contribution in [1.29, 1.82) is 0 Å². The average Bonchev–Trinajstić information content (AvgIpc) is 3.55. The Hall–Kier alpha value is -3.71. The molecule has 206 valence electrons. The molecule has 0 bridgehead atoms. The van der Waals surface area contributed by atoms with Crippen LogP contribution < -0.4 is 5.32 Å². The summed E-state index contributed by atoms with van der Waals surface area (Å²) in [6, 6.07) is 1.79. The molecule has 0 radical (unpaired) electrons. The van der Waals surface area contributed by atoms with E-state index in [0.29, 0.717) is 51.4 Å². The molecule has 0 aliphatic carbocycles. The van der Waals surface area contributed by atoms with Crippen LogP contribution in [-0.2, 0) is 21.6 Å². The van der Waals surface area contributed by atoms with E-state index < -0.39 is 15.4 Å². The largest absolute Gasteiger partial charge is 0.444 e. The number of rotatable bonds is 5. The van der Waals surface area contributed by atoms with Gasteiger partial charge in [-0.1, -0.05) is 6.08 Å². The molecule has 0 aromatic carbocycles. The molecule has 39 heavy (non-hydrogen) atoms. The fraction of sp³-hybridized carbons (Fsp3) is 0.385. The molecule has 0 saturated carbocycles. The highest BCUT2D eigenvalue weighted by Gasteiger charge is 2.26. The number of fused-ring (bicyclic) bond motifs is 1. The quantitative estimate of drug-likeness (QED) is 0.368. The monoisotopic (exact) mass is 569 g/mol. The number of hydrogen-bond acceptors (Lipinski definition) is 9. The summed E-state index contributed by atoms with van der Waals surface area (Å²) in [5, 5.41) is 8.23. The van der Waals surface area contributed by atoms with Crippen LogP contribution >= 0.6 is 11.3 Å². The Kier molecular flexibility index (Phi) is 6.75. The summed E-state index contributed by atoms with van der Waals surface area (Å²) in [5.41, 5.74) is 3.90. The van der Waals surface area contributed by atoms with Crippen molar-refractivity contribution >= 4 is 49.3 Å². The molecule has 13 heteroatoms. The Labute approximate surface area is 231 Å². The number of thiophene rings is 1. The van der Waals surface area contributed by atoms with Gasteiger partial charge in [0.2, 0.25) is 0 Å². The van der Waals surface area contributed by atoms with E-state index >= 15 is 0 Å². The molecule has 0 saturated heterocycles. The van der Waals surface area contributed by atoms with Crippen LogP contribution in [0.4, 0.5) is 15.6 Å². The molecular weight excluding hydrogens is 538 g/mol. The van der Waals surface area contributed by atoms with Crippen molar-refractivity contribution in [3.8, 4) is 11.3 Å². The summed E-state index contributed by atoms with van der Waals surface area (Å²) in [7, 11) is -1.51. The molecule has 0 unspecified atom stereocenters. The third-order valence-electron chi connectivity index (χ3n) is 6.08. The Morgan fingerprint density at radius 1 is 1.21 bits per heavy atom. The van der Waals surface area contributed by atoms with Crippen molar-refractivity contribution in [2.24, 2.45) is 7.05 Å². The van der Waals surface area contributed by atoms with Gasteiger partial charge in [-0.05, 0) is 51.3 Å². The molecule has 0 fully saturated rings. The minimum absolute atomic E-state index is 0.305. The molecular formula is C26H31N7O4S2. The van der Waals surface area contributed by atoms with Crippen LogP contribution in [0.2, 0.25) is 0 Å². The Morgan fingerprint density at radius 2 is 1.97 bits per heavy atom. The van der Waals surface area contributed by atoms with Crippen molar-refractivity contribution in [3.05, 3.63) is 48.2 Å². The lowest BCUT2D eigenvalue weighted by molar-refractivity contribution is 0.0273. The smallest absolute Gasteiger partial charge is 0.410 e. The zero-order chi connectivity index (χ0) is 28.1. The number of nitrogens with zero attached hydrogens (tertiary/aromatic N) is 6. The molecule has 0 spiro atoms. The summed E-state index contributed by atoms with van der Waals surface area (Å²) in [6.45, 7) is 8.21. The molecule has 0 atom stereocenters. The lowest BCUT2D eigenvalue weighted by Crippen LogP contribution is -2.39. The van der Waals surface area contributed by atoms with Gasteiger partial charge < -0.3 is 15.0 Å². The lowest BCUT2D eigenvalue weighted by atomic mass is 10.1. The Bertz CT molecular complexity index is 1710. The maximum Gasteiger partial charge on any atom is 0.410 e. The van der Waals surface area contributed by atoms with Gasteiger partial charge in [0.1, 0.15) is 9.81 Å². The van der Waals surface area contributed by atoms with Gasteiger partial charge in [0, 0.05) is 37.8 Å². The van der Waals surface area contributed by atoms with E-state index in [0.717, 1.165) is 28.2 Å². The summed E-state index contributed by atoms with van der Waals surface area (Å²) in [4.78, 5) is 24.0. The summed E-state index contributed by atoms with van der Waals surface area (Å²) >= 11 is 1.15. The predicted molar refractivity (Wildman–Crippen MR) is 151 cm³/mol. The van der Waals surface area contributed by atoms with Crippen molar-refractivity contribution in [3.63, 3.8) is 0 Å². The standard InChI is InChI=1S/C26H31N7O4S2/c1-16-10-21(38-24(16)39(6,35)36)30-22-23-27-12-20(18-11-28-31(5)13-18)33(23)15-19(29-22)17-8-7-9-32(14-17)25(34)37-26(2,3)4/h8,10-13,15H,7,9,14H2,1-6H3,(H,29,30). The van der Waals surface area contributed by atoms with Crippen molar-refractivity contribution < 1.29 is 17.9 Å². The average molecular weight is 570 g/mol. The highest BCUT2D eigenvalue weighted by atomic mass is 32.2. The predicted octanol–water partition coefficient (Wildman–Crippen LogP) is 4.67. The van der Waals surface area contributed by atoms with E-state index in [1.165, 1.54) is 6.26 Å². The van der Waals surface area contributed by atoms with Crippen molar-refractivity contribution in [2.75, 3.05) is 24.7 Å². The molecule has 5 heterocycles. The van der Waals surface area contributed by atoms with Crippen LogP contribution in [0.25, 0.3) is 22.5 Å². The van der Waals surface area contributed by atoms with E-state index in [1.807, 2.05) is 44.6 Å². The number of hydrogen-bond donors (Lipinski definition) is 1. The first-order valence-corrected chi connectivity index (χ1v) is 15.1. The van der Waals surface area contributed by atoms with E-state index in [-0.39, 0.29) is 6.09 Å². The molecule has 4 aromatic rings. The summed E-state index contributed by atoms with van der Waals surface area (Å²) < 4.78 is 34.0. The summed E-state index contributed by atoms with van der Waals surface area (Å²) in [6.07, 6.45) is 10.9. The van der Waals surface area contributed by atoms with Crippen LogP contribution in [0.1, 0.15) is 38.4 Å². The van der Waals surface area contributed by atoms with E-state index in [9.17, 15) is 13.2 Å². The van der Waals surface area contributed by atoms with Crippen molar-refractivity contribution in [2.45, 2.75) is 43.9 Å². The SMILES string of the molecule is Cc1cc(Nc2nc(C3=CCCN(C(=O)OC(C)(C)C)C3)cn3c(-c4cnn(C)c4)cnc23)sc1S(C)(=O)=O. The third kappa shape index (κ3) is 5.69. The van der Waals surface area contributed by atoms with Gasteiger partial charge in [-0.25, -0.2) is 23.2 Å². The molecule has 11 nitrogen and oxygen atoms in total. The van der Waals surface area contributed by atoms with Gasteiger partial charge in [0.05, 0.1) is 35.3 Å². The topological polar surface area (TPSA) is 124 Å². The molecule has 5 rings (SSSR count). The Balaban J connectivity index is 1.58. The fourth-order valence-electron chi connectivity index (χ4n) is 4.42. The van der Waals surface area contributed by atoms with Gasteiger partial charge in [-0.2, -0.15) is 5.10 Å². The number of aromatic nitrogens is 5. The number of nitrogens with one attached hydrogen (secondary N) is 1. The number of carbonyl (C=O) groups is 1. The summed E-state index contributed by atoms with van der Waals surface area (Å²) in [5.74, 6) is 0.472. The van der Waals surface area contributed by atoms with Crippen molar-refractivity contribution in [1.82, 2.24) is 29.0 Å². The van der Waals surface area contributed by atoms with Gasteiger partial charge in [0.25, 0.3) is 0 Å². The minimum Gasteiger partial charge on any atom is -0.444 e. The second-order valence-electron chi connectivity index (χ2n) is 10.6. The van der Waals surface area contributed by atoms with Gasteiger partial charge >= 0.3 is 6.09 Å². The first-order valence-electron chi connectivity index (χ1n) is 12.4. The Morgan fingerprint density at radius 3 is 2.62 bits per heavy atom. The number of aryl methyl sites for hydroxylation is 2. The molecule has 1 aliphatic heterocycles. The highest BCUT2D eigenvalue weighted by molar-refractivity contribution is 7.92. The molecule has 1 aliphatic rings. The normalized spacial score (nSPS) is 14.5. The highest BCUT2D eigenvalue weighted by Crippen LogP contribution is 2.34. The van der Waals surface area contributed by atoms with E-state index in [2.05, 4.69) is 21.5 Å². The van der Waals surface area contributed by atoms with Crippen LogP contribution in [0.5, 0.6) is 0 Å². The van der Waals surface area contributed by atoms with Gasteiger partial charge in [-0.15, -0.1) is 11.3 Å². The van der Waals surface area contributed by atoms with E-state index in [4.69, 9.17) is 9.72 Å². The molecule has 1 N–H and O–H groups in total. The lowest BCUT2D eigenvalue weighted by Gasteiger charge is -2.30. The minimum atomic E-state index is -3.36. The maximum atomic E-state index is 12.8. The number of sulfone groups is 1. The fourth-order valence-corrected chi connectivity index (χ4v) is 6.74. The van der Waals surface area contributed by atoms with Crippen LogP contribution in [-0.4, -0.2) is 68.5 Å². The number of amides is 1. The maximum absolute atomic E-state index is 12.8. The second-order valence-corrected chi connectivity index (χ2v) is 13.9. The first-order chi connectivity index (χ1) is 18.3. The number of carbonyl (C=O) groups excluding carboxylic acids is 1.